The molecular formula is C20H23N3O. The highest BCUT2D eigenvalue weighted by Gasteiger charge is 2.43. The van der Waals surface area contributed by atoms with Crippen molar-refractivity contribution in [2.24, 2.45) is 5.41 Å². The van der Waals surface area contributed by atoms with E-state index in [-0.39, 0.29) is 11.3 Å². The van der Waals surface area contributed by atoms with Crippen molar-refractivity contribution in [1.29, 1.82) is 0 Å². The number of carbonyl (C=O) groups excluding carboxylic acids is 1. The maximum Gasteiger partial charge on any atom is 0.226 e. The van der Waals surface area contributed by atoms with Gasteiger partial charge in [-0.05, 0) is 49.4 Å². The van der Waals surface area contributed by atoms with Gasteiger partial charge in [-0.25, -0.2) is 4.98 Å². The van der Waals surface area contributed by atoms with E-state index in [2.05, 4.69) is 51.6 Å². The third-order valence-corrected chi connectivity index (χ3v) is 5.49. The molecule has 1 spiro atoms. The van der Waals surface area contributed by atoms with Crippen molar-refractivity contribution in [2.75, 3.05) is 18.0 Å². The Bertz CT molecular complexity index is 763. The molecule has 0 atom stereocenters. The largest absolute Gasteiger partial charge is 0.357 e. The second-order valence-electron chi connectivity index (χ2n) is 7.03. The first-order valence-electron chi connectivity index (χ1n) is 8.70. The molecule has 124 valence electrons. The summed E-state index contributed by atoms with van der Waals surface area (Å²) in [6, 6.07) is 14.6. The lowest BCUT2D eigenvalue weighted by Gasteiger charge is -2.40. The van der Waals surface area contributed by atoms with Crippen molar-refractivity contribution < 1.29 is 4.79 Å². The lowest BCUT2D eigenvalue weighted by Crippen LogP contribution is -2.49. The molecule has 0 bridgehead atoms. The summed E-state index contributed by atoms with van der Waals surface area (Å²) in [6.07, 6.45) is 2.61. The van der Waals surface area contributed by atoms with E-state index in [1.165, 1.54) is 11.1 Å². The zero-order valence-corrected chi connectivity index (χ0v) is 14.1. The highest BCUT2D eigenvalue weighted by Crippen LogP contribution is 2.38. The maximum atomic E-state index is 12.8. The molecule has 4 rings (SSSR count). The summed E-state index contributed by atoms with van der Waals surface area (Å²) in [4.78, 5) is 19.7. The molecule has 1 aromatic heterocycles. The minimum Gasteiger partial charge on any atom is -0.357 e. The zero-order chi connectivity index (χ0) is 16.6. The predicted octanol–water partition coefficient (Wildman–Crippen LogP) is 2.85. The number of anilines is 1. The predicted molar refractivity (Wildman–Crippen MR) is 94.8 cm³/mol. The second-order valence-corrected chi connectivity index (χ2v) is 7.03. The number of piperidine rings is 1. The summed E-state index contributed by atoms with van der Waals surface area (Å²) in [7, 11) is 0. The molecule has 1 saturated heterocycles. The topological polar surface area (TPSA) is 45.2 Å². The molecular weight excluding hydrogens is 298 g/mol. The first-order valence-corrected chi connectivity index (χ1v) is 8.70. The van der Waals surface area contributed by atoms with Crippen molar-refractivity contribution in [3.63, 3.8) is 0 Å². The standard InChI is InChI=1S/C20H23N3O/c1-15-5-4-8-18(22-15)23-11-9-20(10-12-23)13-16-6-2-3-7-17(16)14-21-19(20)24/h2-8H,9-14H2,1H3,(H,21,24). The number of carbonyl (C=O) groups is 1. The molecule has 3 heterocycles. The van der Waals surface area contributed by atoms with Gasteiger partial charge < -0.3 is 10.2 Å². The van der Waals surface area contributed by atoms with Crippen LogP contribution in [0.15, 0.2) is 42.5 Å². The van der Waals surface area contributed by atoms with Crippen molar-refractivity contribution in [1.82, 2.24) is 10.3 Å². The molecule has 24 heavy (non-hydrogen) atoms. The molecule has 0 saturated carbocycles. The first kappa shape index (κ1) is 15.2. The Morgan fingerprint density at radius 1 is 1.04 bits per heavy atom. The smallest absolute Gasteiger partial charge is 0.226 e. The Hall–Kier alpha value is -2.36. The molecule has 1 N–H and O–H groups in total. The molecule has 1 aromatic carbocycles. The van der Waals surface area contributed by atoms with Crippen molar-refractivity contribution in [2.45, 2.75) is 32.7 Å². The highest BCUT2D eigenvalue weighted by atomic mass is 16.2. The Labute approximate surface area is 142 Å². The van der Waals surface area contributed by atoms with Gasteiger partial charge in [-0.1, -0.05) is 30.3 Å². The fourth-order valence-electron chi connectivity index (χ4n) is 3.98. The van der Waals surface area contributed by atoms with Gasteiger partial charge in [0.05, 0.1) is 5.41 Å². The number of nitrogens with one attached hydrogen (secondary N) is 1. The van der Waals surface area contributed by atoms with E-state index < -0.39 is 0 Å². The fourth-order valence-corrected chi connectivity index (χ4v) is 3.98. The van der Waals surface area contributed by atoms with Crippen LogP contribution in [0.4, 0.5) is 5.82 Å². The van der Waals surface area contributed by atoms with Gasteiger partial charge >= 0.3 is 0 Å². The minimum absolute atomic E-state index is 0.218. The number of nitrogens with zero attached hydrogens (tertiary/aromatic N) is 2. The molecule has 1 amide bonds. The maximum absolute atomic E-state index is 12.8. The SMILES string of the molecule is Cc1cccc(N2CCC3(CC2)Cc2ccccc2CNC3=O)n1. The van der Waals surface area contributed by atoms with Gasteiger partial charge in [0.25, 0.3) is 0 Å². The lowest BCUT2D eigenvalue weighted by molar-refractivity contribution is -0.132. The monoisotopic (exact) mass is 321 g/mol. The molecule has 2 aliphatic heterocycles. The number of hydrogen-bond donors (Lipinski definition) is 1. The molecule has 4 heteroatoms. The summed E-state index contributed by atoms with van der Waals surface area (Å²) in [5.74, 6) is 1.25. The third-order valence-electron chi connectivity index (χ3n) is 5.49. The number of rotatable bonds is 1. The van der Waals surface area contributed by atoms with Crippen molar-refractivity contribution in [3.05, 3.63) is 59.3 Å². The van der Waals surface area contributed by atoms with Gasteiger partial charge in [0.2, 0.25) is 5.91 Å². The molecule has 4 nitrogen and oxygen atoms in total. The summed E-state index contributed by atoms with van der Waals surface area (Å²) < 4.78 is 0. The van der Waals surface area contributed by atoms with Crippen LogP contribution in [-0.2, 0) is 17.8 Å². The Morgan fingerprint density at radius 2 is 1.79 bits per heavy atom. The van der Waals surface area contributed by atoms with E-state index in [0.717, 1.165) is 43.9 Å². The number of benzene rings is 1. The number of aromatic nitrogens is 1. The van der Waals surface area contributed by atoms with Gasteiger partial charge in [0, 0.05) is 25.3 Å². The zero-order valence-electron chi connectivity index (χ0n) is 14.1. The second kappa shape index (κ2) is 5.93. The highest BCUT2D eigenvalue weighted by molar-refractivity contribution is 5.84. The van der Waals surface area contributed by atoms with Gasteiger partial charge in [0.15, 0.2) is 0 Å². The molecule has 0 unspecified atom stereocenters. The van der Waals surface area contributed by atoms with E-state index in [0.29, 0.717) is 6.54 Å². The van der Waals surface area contributed by atoms with Crippen LogP contribution in [-0.4, -0.2) is 24.0 Å². The average Bonchev–Trinajstić information content (AvgIpc) is 2.73. The number of fused-ring (bicyclic) bond motifs is 1. The van der Waals surface area contributed by atoms with Crippen LogP contribution in [0.2, 0.25) is 0 Å². The Morgan fingerprint density at radius 3 is 2.54 bits per heavy atom. The van der Waals surface area contributed by atoms with Crippen molar-refractivity contribution >= 4 is 11.7 Å². The summed E-state index contributed by atoms with van der Waals surface area (Å²) in [6.45, 7) is 4.43. The molecule has 0 radical (unpaired) electrons. The summed E-state index contributed by atoms with van der Waals surface area (Å²) in [5, 5.41) is 3.15. The van der Waals surface area contributed by atoms with Gasteiger partial charge in [-0.15, -0.1) is 0 Å². The minimum atomic E-state index is -0.271. The number of amides is 1. The van der Waals surface area contributed by atoms with Crippen LogP contribution in [0, 0.1) is 12.3 Å². The van der Waals surface area contributed by atoms with Gasteiger partial charge in [0.1, 0.15) is 5.82 Å². The van der Waals surface area contributed by atoms with Crippen LogP contribution >= 0.6 is 0 Å². The third kappa shape index (κ3) is 2.66. The summed E-state index contributed by atoms with van der Waals surface area (Å²) >= 11 is 0. The van der Waals surface area contributed by atoms with Crippen LogP contribution < -0.4 is 10.2 Å². The first-order chi connectivity index (χ1) is 11.7. The molecule has 2 aliphatic rings. The van der Waals surface area contributed by atoms with E-state index >= 15 is 0 Å². The van der Waals surface area contributed by atoms with E-state index in [9.17, 15) is 4.79 Å². The van der Waals surface area contributed by atoms with Crippen LogP contribution in [0.25, 0.3) is 0 Å². The molecule has 1 fully saturated rings. The van der Waals surface area contributed by atoms with Gasteiger partial charge in [-0.3, -0.25) is 4.79 Å². The molecule has 0 aliphatic carbocycles. The van der Waals surface area contributed by atoms with E-state index in [4.69, 9.17) is 0 Å². The Kier molecular flexibility index (Phi) is 3.75. The Balaban J connectivity index is 1.56. The number of hydrogen-bond acceptors (Lipinski definition) is 3. The van der Waals surface area contributed by atoms with Crippen LogP contribution in [0.5, 0.6) is 0 Å². The number of aryl methyl sites for hydroxylation is 1. The lowest BCUT2D eigenvalue weighted by atomic mass is 9.73. The number of pyridine rings is 1. The van der Waals surface area contributed by atoms with Crippen LogP contribution in [0.1, 0.15) is 29.7 Å². The quantitative estimate of drug-likeness (QED) is 0.878. The van der Waals surface area contributed by atoms with Crippen molar-refractivity contribution in [3.8, 4) is 0 Å². The van der Waals surface area contributed by atoms with E-state index in [1.54, 1.807) is 0 Å². The van der Waals surface area contributed by atoms with Crippen LogP contribution in [0.3, 0.4) is 0 Å². The molecule has 2 aromatic rings. The van der Waals surface area contributed by atoms with E-state index in [1.807, 2.05) is 13.0 Å². The normalized spacial score (nSPS) is 19.5. The fraction of sp³-hybridized carbons (Fsp3) is 0.400. The average molecular weight is 321 g/mol. The van der Waals surface area contributed by atoms with Gasteiger partial charge in [-0.2, -0.15) is 0 Å². The summed E-state index contributed by atoms with van der Waals surface area (Å²) in [5.41, 5.74) is 3.34.